The van der Waals surface area contributed by atoms with Crippen LogP contribution < -0.4 is 10.1 Å². The highest BCUT2D eigenvalue weighted by Gasteiger charge is 2.31. The smallest absolute Gasteiger partial charge is 0.261 e. The minimum Gasteiger partial charge on any atom is -0.481 e. The van der Waals surface area contributed by atoms with Crippen molar-refractivity contribution in [2.75, 3.05) is 19.7 Å². The van der Waals surface area contributed by atoms with Crippen molar-refractivity contribution in [1.82, 2.24) is 10.2 Å². The van der Waals surface area contributed by atoms with E-state index in [2.05, 4.69) is 5.32 Å². The second-order valence-electron chi connectivity index (χ2n) is 7.86. The Kier molecular flexibility index (Phi) is 8.23. The second-order valence-corrected chi connectivity index (χ2v) is 7.86. The molecule has 1 heterocycles. The first-order valence-electron chi connectivity index (χ1n) is 9.92. The summed E-state index contributed by atoms with van der Waals surface area (Å²) in [6.45, 7) is 6.88. The number of amides is 2. The number of rotatable bonds is 8. The Morgan fingerprint density at radius 2 is 1.96 bits per heavy atom. The maximum absolute atomic E-state index is 13.3. The van der Waals surface area contributed by atoms with Gasteiger partial charge in [0.15, 0.2) is 6.10 Å². The molecule has 1 aromatic carbocycles. The van der Waals surface area contributed by atoms with Gasteiger partial charge in [0, 0.05) is 25.8 Å². The van der Waals surface area contributed by atoms with Gasteiger partial charge in [-0.05, 0) is 50.2 Å². The molecule has 0 spiro atoms. The van der Waals surface area contributed by atoms with Gasteiger partial charge in [0.1, 0.15) is 17.6 Å². The number of hydrogen-bond acceptors (Lipinski definition) is 4. The minimum absolute atomic E-state index is 0.101. The predicted molar refractivity (Wildman–Crippen MR) is 104 cm³/mol. The predicted octanol–water partition coefficient (Wildman–Crippen LogP) is 2.35. The lowest BCUT2D eigenvalue weighted by Crippen LogP contribution is -2.53. The van der Waals surface area contributed by atoms with E-state index in [1.165, 1.54) is 18.2 Å². The zero-order valence-corrected chi connectivity index (χ0v) is 16.9. The molecule has 2 atom stereocenters. The molecule has 2 amide bonds. The van der Waals surface area contributed by atoms with Crippen LogP contribution >= 0.6 is 0 Å². The van der Waals surface area contributed by atoms with Gasteiger partial charge in [-0.1, -0.05) is 19.9 Å². The van der Waals surface area contributed by atoms with Gasteiger partial charge in [-0.2, -0.15) is 0 Å². The normalized spacial score (nSPS) is 17.3. The standard InChI is InChI=1S/C21H31FN2O4/c1-14(2)11-19(21(27)24-9-7-16(13-25)8-10-24)23-20(26)15(3)28-18-6-4-5-17(22)12-18/h4-6,12,14-16,19,25H,7-11,13H2,1-3H3,(H,23,26)/t15-,19+/m0/s1. The Hall–Kier alpha value is -2.15. The van der Waals surface area contributed by atoms with E-state index in [0.29, 0.717) is 19.5 Å². The lowest BCUT2D eigenvalue weighted by Gasteiger charge is -2.34. The van der Waals surface area contributed by atoms with Crippen LogP contribution in [-0.4, -0.2) is 53.7 Å². The minimum atomic E-state index is -0.857. The molecule has 1 saturated heterocycles. The molecule has 28 heavy (non-hydrogen) atoms. The van der Waals surface area contributed by atoms with E-state index in [-0.39, 0.29) is 30.1 Å². The molecular formula is C21H31FN2O4. The van der Waals surface area contributed by atoms with Gasteiger partial charge in [0.2, 0.25) is 5.91 Å². The number of piperidine rings is 1. The third-order valence-corrected chi connectivity index (χ3v) is 4.98. The van der Waals surface area contributed by atoms with Crippen LogP contribution in [0.15, 0.2) is 24.3 Å². The molecule has 6 nitrogen and oxygen atoms in total. The van der Waals surface area contributed by atoms with Crippen LogP contribution in [0, 0.1) is 17.7 Å². The first-order chi connectivity index (χ1) is 13.3. The Morgan fingerprint density at radius 3 is 2.54 bits per heavy atom. The van der Waals surface area contributed by atoms with Crippen LogP contribution in [0.4, 0.5) is 4.39 Å². The fourth-order valence-corrected chi connectivity index (χ4v) is 3.34. The number of likely N-dealkylation sites (tertiary alicyclic amines) is 1. The highest BCUT2D eigenvalue weighted by Crippen LogP contribution is 2.19. The Morgan fingerprint density at radius 1 is 1.29 bits per heavy atom. The summed E-state index contributed by atoms with van der Waals surface area (Å²) >= 11 is 0. The van der Waals surface area contributed by atoms with Crippen molar-refractivity contribution in [1.29, 1.82) is 0 Å². The summed E-state index contributed by atoms with van der Waals surface area (Å²) in [4.78, 5) is 27.3. The highest BCUT2D eigenvalue weighted by atomic mass is 19.1. The molecule has 0 aromatic heterocycles. The molecule has 156 valence electrons. The number of nitrogens with one attached hydrogen (secondary N) is 1. The summed E-state index contributed by atoms with van der Waals surface area (Å²) in [6.07, 6.45) is 1.20. The number of halogens is 1. The van der Waals surface area contributed by atoms with Gasteiger partial charge in [-0.15, -0.1) is 0 Å². The molecule has 1 fully saturated rings. The van der Waals surface area contributed by atoms with Crippen molar-refractivity contribution < 1.29 is 23.8 Å². The van der Waals surface area contributed by atoms with Crippen LogP contribution in [0.1, 0.15) is 40.0 Å². The maximum atomic E-state index is 13.3. The molecule has 0 radical (unpaired) electrons. The number of carbonyl (C=O) groups is 2. The average molecular weight is 394 g/mol. The van der Waals surface area contributed by atoms with E-state index in [4.69, 9.17) is 4.74 Å². The number of aliphatic hydroxyl groups is 1. The first-order valence-corrected chi connectivity index (χ1v) is 9.92. The van der Waals surface area contributed by atoms with Crippen molar-refractivity contribution in [2.24, 2.45) is 11.8 Å². The second kappa shape index (κ2) is 10.4. The molecule has 0 bridgehead atoms. The summed E-state index contributed by atoms with van der Waals surface area (Å²) in [5.41, 5.74) is 0. The number of aliphatic hydroxyl groups excluding tert-OH is 1. The summed E-state index contributed by atoms with van der Waals surface area (Å²) in [7, 11) is 0. The number of ether oxygens (including phenoxy) is 1. The van der Waals surface area contributed by atoms with Gasteiger partial charge in [-0.3, -0.25) is 9.59 Å². The largest absolute Gasteiger partial charge is 0.481 e. The fourth-order valence-electron chi connectivity index (χ4n) is 3.34. The number of hydrogen-bond donors (Lipinski definition) is 2. The zero-order valence-electron chi connectivity index (χ0n) is 16.9. The van der Waals surface area contributed by atoms with Crippen molar-refractivity contribution >= 4 is 11.8 Å². The SMILES string of the molecule is CC(C)C[C@@H](NC(=O)[C@H](C)Oc1cccc(F)c1)C(=O)N1CCC(CO)CC1. The topological polar surface area (TPSA) is 78.9 Å². The molecule has 1 aliphatic rings. The molecule has 7 heteroatoms. The van der Waals surface area contributed by atoms with Crippen LogP contribution in [-0.2, 0) is 9.59 Å². The van der Waals surface area contributed by atoms with Crippen molar-refractivity contribution in [3.63, 3.8) is 0 Å². The molecule has 0 aliphatic carbocycles. The van der Waals surface area contributed by atoms with Crippen LogP contribution in [0.3, 0.4) is 0 Å². The van der Waals surface area contributed by atoms with Crippen molar-refractivity contribution in [3.8, 4) is 5.75 Å². The van der Waals surface area contributed by atoms with E-state index in [0.717, 1.165) is 12.8 Å². The van der Waals surface area contributed by atoms with Gasteiger partial charge >= 0.3 is 0 Å². The van der Waals surface area contributed by atoms with Crippen LogP contribution in [0.2, 0.25) is 0 Å². The van der Waals surface area contributed by atoms with E-state index in [1.54, 1.807) is 17.9 Å². The summed E-state index contributed by atoms with van der Waals surface area (Å²) in [5, 5.41) is 12.1. The summed E-state index contributed by atoms with van der Waals surface area (Å²) in [5.74, 6) is -0.222. The molecule has 0 saturated carbocycles. The van der Waals surface area contributed by atoms with Crippen LogP contribution in [0.25, 0.3) is 0 Å². The number of nitrogens with zero attached hydrogens (tertiary/aromatic N) is 1. The molecule has 2 N–H and O–H groups in total. The van der Waals surface area contributed by atoms with E-state index < -0.39 is 23.9 Å². The molecule has 2 rings (SSSR count). The van der Waals surface area contributed by atoms with Gasteiger partial charge in [-0.25, -0.2) is 4.39 Å². The van der Waals surface area contributed by atoms with Gasteiger partial charge in [0.25, 0.3) is 5.91 Å². The van der Waals surface area contributed by atoms with Crippen molar-refractivity contribution in [2.45, 2.75) is 52.2 Å². The molecule has 1 aromatic rings. The van der Waals surface area contributed by atoms with Gasteiger partial charge in [0.05, 0.1) is 0 Å². The summed E-state index contributed by atoms with van der Waals surface area (Å²) in [6, 6.07) is 4.98. The third-order valence-electron chi connectivity index (χ3n) is 4.98. The zero-order chi connectivity index (χ0) is 20.7. The average Bonchev–Trinajstić information content (AvgIpc) is 2.66. The lowest BCUT2D eigenvalue weighted by molar-refractivity contribution is -0.139. The van der Waals surface area contributed by atoms with E-state index in [1.807, 2.05) is 13.8 Å². The first kappa shape index (κ1) is 22.1. The highest BCUT2D eigenvalue weighted by molar-refractivity contribution is 5.89. The quantitative estimate of drug-likeness (QED) is 0.709. The fraction of sp³-hybridized carbons (Fsp3) is 0.619. The monoisotopic (exact) mass is 394 g/mol. The molecule has 0 unspecified atom stereocenters. The maximum Gasteiger partial charge on any atom is 0.261 e. The Balaban J connectivity index is 1.98. The lowest BCUT2D eigenvalue weighted by atomic mass is 9.96. The van der Waals surface area contributed by atoms with E-state index in [9.17, 15) is 19.1 Å². The third kappa shape index (κ3) is 6.48. The summed E-state index contributed by atoms with van der Waals surface area (Å²) < 4.78 is 18.8. The van der Waals surface area contributed by atoms with Crippen LogP contribution in [0.5, 0.6) is 5.75 Å². The molecule has 1 aliphatic heterocycles. The Bertz CT molecular complexity index is 660. The molecular weight excluding hydrogens is 363 g/mol. The van der Waals surface area contributed by atoms with Gasteiger partial charge < -0.3 is 20.1 Å². The van der Waals surface area contributed by atoms with Crippen molar-refractivity contribution in [3.05, 3.63) is 30.1 Å². The number of carbonyl (C=O) groups excluding carboxylic acids is 2. The number of benzene rings is 1. The van der Waals surface area contributed by atoms with E-state index >= 15 is 0 Å². The Labute approximate surface area is 166 Å².